The van der Waals surface area contributed by atoms with Crippen LogP contribution in [0.1, 0.15) is 12.0 Å². The van der Waals surface area contributed by atoms with Gasteiger partial charge in [-0.2, -0.15) is 0 Å². The number of rotatable bonds is 6. The highest BCUT2D eigenvalue weighted by molar-refractivity contribution is 5.40. The first kappa shape index (κ1) is 14.2. The summed E-state index contributed by atoms with van der Waals surface area (Å²) in [4.78, 5) is 2.43. The molecule has 0 amide bonds. The van der Waals surface area contributed by atoms with Gasteiger partial charge in [-0.1, -0.05) is 6.07 Å². The molecule has 0 aliphatic carbocycles. The normalized spacial score (nSPS) is 18.8. The van der Waals surface area contributed by atoms with Gasteiger partial charge in [0.25, 0.3) is 0 Å². The van der Waals surface area contributed by atoms with E-state index in [9.17, 15) is 0 Å². The molecule has 19 heavy (non-hydrogen) atoms. The molecular formula is C15H24N2O2. The van der Waals surface area contributed by atoms with Gasteiger partial charge >= 0.3 is 0 Å². The molecule has 1 fully saturated rings. The molecule has 1 unspecified atom stereocenters. The highest BCUT2D eigenvalue weighted by Gasteiger charge is 2.19. The van der Waals surface area contributed by atoms with E-state index >= 15 is 0 Å². The fourth-order valence-corrected chi connectivity index (χ4v) is 2.55. The average molecular weight is 264 g/mol. The number of benzene rings is 1. The minimum absolute atomic E-state index is 0.671. The van der Waals surface area contributed by atoms with Crippen molar-refractivity contribution >= 4 is 0 Å². The Morgan fingerprint density at radius 3 is 2.79 bits per heavy atom. The first-order valence-corrected chi connectivity index (χ1v) is 6.86. The summed E-state index contributed by atoms with van der Waals surface area (Å²) in [6.07, 6.45) is 2.25. The van der Waals surface area contributed by atoms with Gasteiger partial charge in [-0.25, -0.2) is 0 Å². The van der Waals surface area contributed by atoms with Crippen molar-refractivity contribution in [1.29, 1.82) is 0 Å². The second-order valence-corrected chi connectivity index (χ2v) is 5.06. The molecule has 4 heteroatoms. The molecular weight excluding hydrogens is 240 g/mol. The standard InChI is InChI=1S/C15H24N2O2/c1-17(13-6-8-16-11-13)9-7-12-4-5-14(18-2)10-15(12)19-3/h4-5,10,13,16H,6-9,11H2,1-3H3. The van der Waals surface area contributed by atoms with E-state index < -0.39 is 0 Å². The summed E-state index contributed by atoms with van der Waals surface area (Å²) < 4.78 is 10.7. The summed E-state index contributed by atoms with van der Waals surface area (Å²) in [7, 11) is 5.59. The zero-order valence-corrected chi connectivity index (χ0v) is 12.1. The van der Waals surface area contributed by atoms with Crippen LogP contribution < -0.4 is 14.8 Å². The number of nitrogens with zero attached hydrogens (tertiary/aromatic N) is 1. The third-order valence-electron chi connectivity index (χ3n) is 3.89. The van der Waals surface area contributed by atoms with Gasteiger partial charge in [-0.05, 0) is 38.1 Å². The van der Waals surface area contributed by atoms with E-state index in [0.717, 1.165) is 37.6 Å². The zero-order chi connectivity index (χ0) is 13.7. The topological polar surface area (TPSA) is 33.7 Å². The van der Waals surface area contributed by atoms with E-state index in [1.165, 1.54) is 12.0 Å². The van der Waals surface area contributed by atoms with Crippen molar-refractivity contribution in [2.75, 3.05) is 40.9 Å². The van der Waals surface area contributed by atoms with Crippen LogP contribution in [0.3, 0.4) is 0 Å². The predicted molar refractivity (Wildman–Crippen MR) is 77.2 cm³/mol. The van der Waals surface area contributed by atoms with Crippen LogP contribution in [0.25, 0.3) is 0 Å². The number of methoxy groups -OCH3 is 2. The Labute approximate surface area is 115 Å². The van der Waals surface area contributed by atoms with Gasteiger partial charge in [0.05, 0.1) is 14.2 Å². The van der Waals surface area contributed by atoms with Crippen LogP contribution in [0, 0.1) is 0 Å². The summed E-state index contributed by atoms with van der Waals surface area (Å²) in [5.74, 6) is 1.76. The van der Waals surface area contributed by atoms with Crippen LogP contribution in [0.5, 0.6) is 11.5 Å². The smallest absolute Gasteiger partial charge is 0.125 e. The first-order chi connectivity index (χ1) is 9.24. The second-order valence-electron chi connectivity index (χ2n) is 5.06. The van der Waals surface area contributed by atoms with Crippen LogP contribution in [0.15, 0.2) is 18.2 Å². The van der Waals surface area contributed by atoms with Crippen molar-refractivity contribution in [1.82, 2.24) is 10.2 Å². The molecule has 1 aromatic carbocycles. The lowest BCUT2D eigenvalue weighted by atomic mass is 10.1. The molecule has 1 saturated heterocycles. The highest BCUT2D eigenvalue weighted by Crippen LogP contribution is 2.25. The lowest BCUT2D eigenvalue weighted by Crippen LogP contribution is -2.34. The molecule has 4 nitrogen and oxygen atoms in total. The Morgan fingerprint density at radius 2 is 2.16 bits per heavy atom. The van der Waals surface area contributed by atoms with Gasteiger partial charge < -0.3 is 19.7 Å². The molecule has 1 heterocycles. The van der Waals surface area contributed by atoms with E-state index in [1.54, 1.807) is 14.2 Å². The molecule has 0 spiro atoms. The average Bonchev–Trinajstić information content (AvgIpc) is 2.98. The lowest BCUT2D eigenvalue weighted by molar-refractivity contribution is 0.259. The van der Waals surface area contributed by atoms with Crippen molar-refractivity contribution in [3.8, 4) is 11.5 Å². The minimum Gasteiger partial charge on any atom is -0.497 e. The molecule has 0 saturated carbocycles. The van der Waals surface area contributed by atoms with Gasteiger partial charge in [-0.3, -0.25) is 0 Å². The first-order valence-electron chi connectivity index (χ1n) is 6.86. The summed E-state index contributed by atoms with van der Waals surface area (Å²) in [6, 6.07) is 6.71. The van der Waals surface area contributed by atoms with Gasteiger partial charge in [-0.15, -0.1) is 0 Å². The van der Waals surface area contributed by atoms with E-state index in [0.29, 0.717) is 6.04 Å². The molecule has 1 N–H and O–H groups in total. The second kappa shape index (κ2) is 6.78. The molecule has 0 aromatic heterocycles. The molecule has 2 rings (SSSR count). The summed E-state index contributed by atoms with van der Waals surface area (Å²) in [5.41, 5.74) is 1.24. The molecule has 106 valence electrons. The Kier molecular flexibility index (Phi) is 5.05. The molecule has 0 bridgehead atoms. The predicted octanol–water partition coefficient (Wildman–Crippen LogP) is 1.54. The Hall–Kier alpha value is -1.26. The summed E-state index contributed by atoms with van der Waals surface area (Å²) in [5, 5.41) is 3.41. The van der Waals surface area contributed by atoms with Gasteiger partial charge in [0.15, 0.2) is 0 Å². The number of likely N-dealkylation sites (N-methyl/N-ethyl adjacent to an activating group) is 1. The molecule has 1 atom stereocenters. The highest BCUT2D eigenvalue weighted by atomic mass is 16.5. The Balaban J connectivity index is 1.94. The Bertz CT molecular complexity index is 403. The molecule has 1 aliphatic heterocycles. The number of hydrogen-bond donors (Lipinski definition) is 1. The third kappa shape index (κ3) is 3.61. The van der Waals surface area contributed by atoms with Crippen molar-refractivity contribution in [2.24, 2.45) is 0 Å². The number of hydrogen-bond acceptors (Lipinski definition) is 4. The van der Waals surface area contributed by atoms with E-state index in [1.807, 2.05) is 12.1 Å². The van der Waals surface area contributed by atoms with Crippen molar-refractivity contribution in [3.05, 3.63) is 23.8 Å². The molecule has 0 radical (unpaired) electrons. The van der Waals surface area contributed by atoms with E-state index in [4.69, 9.17) is 9.47 Å². The van der Waals surface area contributed by atoms with Crippen molar-refractivity contribution in [3.63, 3.8) is 0 Å². The maximum atomic E-state index is 5.43. The fourth-order valence-electron chi connectivity index (χ4n) is 2.55. The van der Waals surface area contributed by atoms with Crippen LogP contribution in [-0.2, 0) is 6.42 Å². The zero-order valence-electron chi connectivity index (χ0n) is 12.1. The van der Waals surface area contributed by atoms with E-state index in [2.05, 4.69) is 23.3 Å². The van der Waals surface area contributed by atoms with Crippen LogP contribution in [0.4, 0.5) is 0 Å². The minimum atomic E-state index is 0.671. The fraction of sp³-hybridized carbons (Fsp3) is 0.600. The van der Waals surface area contributed by atoms with Gasteiger partial charge in [0.1, 0.15) is 11.5 Å². The van der Waals surface area contributed by atoms with Gasteiger partial charge in [0.2, 0.25) is 0 Å². The van der Waals surface area contributed by atoms with Crippen molar-refractivity contribution < 1.29 is 9.47 Å². The Morgan fingerprint density at radius 1 is 1.32 bits per heavy atom. The summed E-state index contributed by atoms with van der Waals surface area (Å²) >= 11 is 0. The maximum absolute atomic E-state index is 5.43. The maximum Gasteiger partial charge on any atom is 0.125 e. The number of nitrogens with one attached hydrogen (secondary N) is 1. The SMILES string of the molecule is COc1ccc(CCN(C)C2CCNC2)c(OC)c1. The van der Waals surface area contributed by atoms with Crippen molar-refractivity contribution in [2.45, 2.75) is 18.9 Å². The molecule has 1 aromatic rings. The monoisotopic (exact) mass is 264 g/mol. The van der Waals surface area contributed by atoms with Gasteiger partial charge in [0, 0.05) is 25.2 Å². The largest absolute Gasteiger partial charge is 0.497 e. The third-order valence-corrected chi connectivity index (χ3v) is 3.89. The van der Waals surface area contributed by atoms with E-state index in [-0.39, 0.29) is 0 Å². The lowest BCUT2D eigenvalue weighted by Gasteiger charge is -2.23. The van der Waals surface area contributed by atoms with Crippen LogP contribution >= 0.6 is 0 Å². The number of ether oxygens (including phenoxy) is 2. The molecule has 1 aliphatic rings. The van der Waals surface area contributed by atoms with Crippen LogP contribution in [-0.4, -0.2) is 51.8 Å². The van der Waals surface area contributed by atoms with Crippen LogP contribution in [0.2, 0.25) is 0 Å². The summed E-state index contributed by atoms with van der Waals surface area (Å²) in [6.45, 7) is 3.30. The quantitative estimate of drug-likeness (QED) is 0.845.